The Bertz CT molecular complexity index is 937. The Hall–Kier alpha value is -2.75. The highest BCUT2D eigenvalue weighted by Gasteiger charge is 2.30. The lowest BCUT2D eigenvalue weighted by Crippen LogP contribution is -2.46. The van der Waals surface area contributed by atoms with Crippen LogP contribution >= 0.6 is 0 Å². The molecule has 9 heteroatoms. The van der Waals surface area contributed by atoms with Crippen LogP contribution in [0.3, 0.4) is 0 Å². The number of aliphatic hydroxyl groups excluding tert-OH is 1. The zero-order chi connectivity index (χ0) is 28.2. The second kappa shape index (κ2) is 15.6. The van der Waals surface area contributed by atoms with Crippen molar-refractivity contribution in [2.24, 2.45) is 5.92 Å². The lowest BCUT2D eigenvalue weighted by molar-refractivity contribution is -0.147. The van der Waals surface area contributed by atoms with Crippen LogP contribution < -0.4 is 5.32 Å². The van der Waals surface area contributed by atoms with Gasteiger partial charge in [-0.25, -0.2) is 0 Å². The Morgan fingerprint density at radius 1 is 1.21 bits per heavy atom. The first kappa shape index (κ1) is 31.5. The van der Waals surface area contributed by atoms with E-state index in [-0.39, 0.29) is 61.3 Å². The molecule has 0 bridgehead atoms. The summed E-state index contributed by atoms with van der Waals surface area (Å²) in [7, 11) is 1.36. The summed E-state index contributed by atoms with van der Waals surface area (Å²) in [6.45, 7) is 8.99. The van der Waals surface area contributed by atoms with Crippen molar-refractivity contribution in [2.45, 2.75) is 96.9 Å². The molecule has 2 aliphatic heterocycles. The fraction of sp³-hybridized carbons (Fsp3) is 0.621. The van der Waals surface area contributed by atoms with Crippen molar-refractivity contribution >= 4 is 17.8 Å². The lowest BCUT2D eigenvalue weighted by atomic mass is 9.90. The molecule has 1 amide bonds. The van der Waals surface area contributed by atoms with E-state index in [1.807, 2.05) is 39.0 Å². The number of nitrogens with one attached hydrogen (secondary N) is 1. The Morgan fingerprint density at radius 2 is 1.95 bits per heavy atom. The summed E-state index contributed by atoms with van der Waals surface area (Å²) in [6, 6.07) is -0.265. The predicted octanol–water partition coefficient (Wildman–Crippen LogP) is 3.32. The van der Waals surface area contributed by atoms with E-state index in [1.54, 1.807) is 6.92 Å². The molecule has 0 aliphatic carbocycles. The first-order valence-electron chi connectivity index (χ1n) is 13.2. The van der Waals surface area contributed by atoms with Gasteiger partial charge in [0.25, 0.3) is 0 Å². The standard InChI is InChI=1S/C29H43NO8/c1-18(7-10-24-14-23(17-31)15-25(38-24)16-29(34)35-6)8-11-27-19(2)13-26(21(4)37-27)30-28(33)12-9-20(3)36-22(5)32/h7-10,12-13,20-21,23-27,31H,11,14-17H2,1-6H3,(H,30,33)/b10-7+,12-9-,18-8+/t20-,21+,23-,24+,25-,26+,27-/m0/s1. The minimum atomic E-state index is -0.480. The van der Waals surface area contributed by atoms with Crippen LogP contribution in [-0.2, 0) is 33.3 Å². The van der Waals surface area contributed by atoms with E-state index in [0.29, 0.717) is 19.3 Å². The van der Waals surface area contributed by atoms with Gasteiger partial charge >= 0.3 is 11.9 Å². The molecule has 0 unspecified atom stereocenters. The van der Waals surface area contributed by atoms with Crippen molar-refractivity contribution in [2.75, 3.05) is 13.7 Å². The SMILES string of the molecule is COC(=O)C[C@@H]1C[C@@H](CO)C[C@@H](/C=C/C(C)=C/C[C@@H]2O[C@H](C)[C@H](NC(=O)/C=C\[C@H](C)OC(C)=O)C=C2C)O1. The first-order valence-corrected chi connectivity index (χ1v) is 13.2. The molecule has 0 aromatic heterocycles. The van der Waals surface area contributed by atoms with Gasteiger partial charge in [0.1, 0.15) is 6.10 Å². The van der Waals surface area contributed by atoms with Gasteiger partial charge in [0.2, 0.25) is 5.91 Å². The molecule has 7 atom stereocenters. The number of ether oxygens (including phenoxy) is 4. The largest absolute Gasteiger partial charge is 0.469 e. The number of carbonyl (C=O) groups is 3. The van der Waals surface area contributed by atoms with Gasteiger partial charge in [-0.2, -0.15) is 0 Å². The number of hydrogen-bond donors (Lipinski definition) is 2. The molecule has 1 saturated heterocycles. The van der Waals surface area contributed by atoms with Crippen molar-refractivity contribution in [3.63, 3.8) is 0 Å². The van der Waals surface area contributed by atoms with E-state index in [4.69, 9.17) is 18.9 Å². The molecular weight excluding hydrogens is 490 g/mol. The zero-order valence-corrected chi connectivity index (χ0v) is 23.3. The summed E-state index contributed by atoms with van der Waals surface area (Å²) in [5.74, 6) is -0.911. The lowest BCUT2D eigenvalue weighted by Gasteiger charge is -2.33. The van der Waals surface area contributed by atoms with E-state index < -0.39 is 12.1 Å². The second-order valence-electron chi connectivity index (χ2n) is 10.1. The van der Waals surface area contributed by atoms with Crippen molar-refractivity contribution < 1.29 is 38.4 Å². The van der Waals surface area contributed by atoms with Crippen LogP contribution in [0.15, 0.2) is 47.6 Å². The van der Waals surface area contributed by atoms with Crippen molar-refractivity contribution in [1.29, 1.82) is 0 Å². The number of carbonyl (C=O) groups excluding carboxylic acids is 3. The van der Waals surface area contributed by atoms with Gasteiger partial charge in [-0.05, 0) is 64.5 Å². The number of aliphatic hydroxyl groups is 1. The molecular formula is C29H43NO8. The summed E-state index contributed by atoms with van der Waals surface area (Å²) in [5, 5.41) is 12.6. The fourth-order valence-corrected chi connectivity index (χ4v) is 4.56. The zero-order valence-electron chi connectivity index (χ0n) is 23.3. The number of amides is 1. The highest BCUT2D eigenvalue weighted by atomic mass is 16.5. The first-order chi connectivity index (χ1) is 18.0. The highest BCUT2D eigenvalue weighted by molar-refractivity contribution is 5.88. The van der Waals surface area contributed by atoms with Crippen molar-refractivity contribution in [3.8, 4) is 0 Å². The number of allylic oxidation sites excluding steroid dienone is 2. The molecule has 9 nitrogen and oxygen atoms in total. The Kier molecular flexibility index (Phi) is 12.9. The predicted molar refractivity (Wildman–Crippen MR) is 143 cm³/mol. The molecule has 2 heterocycles. The third-order valence-electron chi connectivity index (χ3n) is 6.65. The maximum Gasteiger partial charge on any atom is 0.308 e. The fourth-order valence-electron chi connectivity index (χ4n) is 4.56. The van der Waals surface area contributed by atoms with Gasteiger partial charge in [0.05, 0.1) is 44.0 Å². The molecule has 2 aliphatic rings. The van der Waals surface area contributed by atoms with Crippen LogP contribution in [0.25, 0.3) is 0 Å². The van der Waals surface area contributed by atoms with Crippen LogP contribution in [0.1, 0.15) is 60.3 Å². The quantitative estimate of drug-likeness (QED) is 0.180. The summed E-state index contributed by atoms with van der Waals surface area (Å²) in [4.78, 5) is 34.9. The third-order valence-corrected chi connectivity index (χ3v) is 6.65. The van der Waals surface area contributed by atoms with Crippen LogP contribution in [0.2, 0.25) is 0 Å². The van der Waals surface area contributed by atoms with Crippen LogP contribution in [0, 0.1) is 5.92 Å². The monoisotopic (exact) mass is 533 g/mol. The average Bonchev–Trinajstić information content (AvgIpc) is 2.86. The van der Waals surface area contributed by atoms with Gasteiger partial charge in [-0.3, -0.25) is 14.4 Å². The molecule has 2 rings (SSSR count). The minimum absolute atomic E-state index is 0.0636. The van der Waals surface area contributed by atoms with Crippen LogP contribution in [0.5, 0.6) is 0 Å². The topological polar surface area (TPSA) is 120 Å². The molecule has 212 valence electrons. The summed E-state index contributed by atoms with van der Waals surface area (Å²) in [5.41, 5.74) is 2.08. The normalized spacial score (nSPS) is 29.1. The maximum atomic E-state index is 12.3. The van der Waals surface area contributed by atoms with Gasteiger partial charge in [0, 0.05) is 19.6 Å². The Labute approximate surface area is 225 Å². The molecule has 1 fully saturated rings. The van der Waals surface area contributed by atoms with E-state index in [9.17, 15) is 19.5 Å². The smallest absolute Gasteiger partial charge is 0.308 e. The third kappa shape index (κ3) is 10.9. The molecule has 2 N–H and O–H groups in total. The van der Waals surface area contributed by atoms with E-state index in [2.05, 4.69) is 11.4 Å². The molecule has 0 radical (unpaired) electrons. The van der Waals surface area contributed by atoms with Crippen LogP contribution in [-0.4, -0.2) is 73.2 Å². The van der Waals surface area contributed by atoms with Gasteiger partial charge in [-0.15, -0.1) is 0 Å². The second-order valence-corrected chi connectivity index (χ2v) is 10.1. The van der Waals surface area contributed by atoms with E-state index in [1.165, 1.54) is 26.2 Å². The van der Waals surface area contributed by atoms with Gasteiger partial charge in [-0.1, -0.05) is 29.9 Å². The average molecular weight is 534 g/mol. The minimum Gasteiger partial charge on any atom is -0.469 e. The number of hydrogen-bond acceptors (Lipinski definition) is 8. The molecule has 0 aromatic carbocycles. The number of methoxy groups -OCH3 is 1. The molecule has 38 heavy (non-hydrogen) atoms. The van der Waals surface area contributed by atoms with Crippen molar-refractivity contribution in [1.82, 2.24) is 5.32 Å². The maximum absolute atomic E-state index is 12.3. The molecule has 0 aromatic rings. The summed E-state index contributed by atoms with van der Waals surface area (Å²) in [6.07, 6.45) is 12.0. The number of rotatable bonds is 11. The van der Waals surface area contributed by atoms with Gasteiger partial charge < -0.3 is 29.4 Å². The number of esters is 2. The Balaban J connectivity index is 1.91. The molecule has 0 spiro atoms. The summed E-state index contributed by atoms with van der Waals surface area (Å²) >= 11 is 0. The van der Waals surface area contributed by atoms with E-state index >= 15 is 0 Å². The Morgan fingerprint density at radius 3 is 2.61 bits per heavy atom. The van der Waals surface area contributed by atoms with Gasteiger partial charge in [0.15, 0.2) is 0 Å². The van der Waals surface area contributed by atoms with Crippen LogP contribution in [0.4, 0.5) is 0 Å². The molecule has 0 saturated carbocycles. The van der Waals surface area contributed by atoms with E-state index in [0.717, 1.165) is 11.1 Å². The highest BCUT2D eigenvalue weighted by Crippen LogP contribution is 2.28. The summed E-state index contributed by atoms with van der Waals surface area (Å²) < 4.78 is 22.0. The van der Waals surface area contributed by atoms with Crippen molar-refractivity contribution in [3.05, 3.63) is 47.6 Å².